The Morgan fingerprint density at radius 3 is 2.20 bits per heavy atom. The summed E-state index contributed by atoms with van der Waals surface area (Å²) < 4.78 is 10.8. The number of nitrogens with one attached hydrogen (secondary N) is 1. The number of ether oxygens (including phenoxy) is 2. The first-order valence-corrected chi connectivity index (χ1v) is 7.40. The van der Waals surface area contributed by atoms with Crippen LogP contribution < -0.4 is 14.8 Å². The van der Waals surface area contributed by atoms with E-state index in [-0.39, 0.29) is 5.41 Å². The monoisotopic (exact) mass is 279 g/mol. The third kappa shape index (κ3) is 4.14. The molecule has 1 aromatic rings. The van der Waals surface area contributed by atoms with Crippen LogP contribution in [-0.2, 0) is 5.41 Å². The van der Waals surface area contributed by atoms with Crippen LogP contribution in [0, 0.1) is 6.92 Å². The second-order valence-electron chi connectivity index (χ2n) is 5.91. The lowest BCUT2D eigenvalue weighted by atomic mass is 9.79. The van der Waals surface area contributed by atoms with Crippen molar-refractivity contribution in [1.29, 1.82) is 0 Å². The van der Waals surface area contributed by atoms with Crippen molar-refractivity contribution in [3.05, 3.63) is 23.3 Å². The van der Waals surface area contributed by atoms with Gasteiger partial charge in [-0.3, -0.25) is 0 Å². The summed E-state index contributed by atoms with van der Waals surface area (Å²) in [5.41, 5.74) is 2.70. The van der Waals surface area contributed by atoms with Gasteiger partial charge in [0, 0.05) is 0 Å². The van der Waals surface area contributed by atoms with Gasteiger partial charge in [0.2, 0.25) is 0 Å². The molecule has 0 spiro atoms. The van der Waals surface area contributed by atoms with Gasteiger partial charge in [0.25, 0.3) is 0 Å². The van der Waals surface area contributed by atoms with E-state index in [9.17, 15) is 0 Å². The molecule has 0 aliphatic rings. The van der Waals surface area contributed by atoms with Gasteiger partial charge in [-0.1, -0.05) is 20.8 Å². The maximum Gasteiger partial charge on any atom is 0.161 e. The molecular formula is C17H29NO2. The molecule has 0 saturated heterocycles. The van der Waals surface area contributed by atoms with Crippen LogP contribution in [0.5, 0.6) is 11.5 Å². The van der Waals surface area contributed by atoms with Crippen molar-refractivity contribution in [3.8, 4) is 11.5 Å². The van der Waals surface area contributed by atoms with Gasteiger partial charge in [0.05, 0.1) is 14.2 Å². The summed E-state index contributed by atoms with van der Waals surface area (Å²) in [5.74, 6) is 1.61. The number of aryl methyl sites for hydroxylation is 1. The van der Waals surface area contributed by atoms with Gasteiger partial charge >= 0.3 is 0 Å². The van der Waals surface area contributed by atoms with Crippen molar-refractivity contribution >= 4 is 0 Å². The lowest BCUT2D eigenvalue weighted by molar-refractivity contribution is 0.352. The van der Waals surface area contributed by atoms with Crippen LogP contribution in [0.3, 0.4) is 0 Å². The normalized spacial score (nSPS) is 11.5. The van der Waals surface area contributed by atoms with Gasteiger partial charge in [0.15, 0.2) is 11.5 Å². The SMILES string of the molecule is CCCNCCC(C)(C)c1cc(OC)c(OC)cc1C. The lowest BCUT2D eigenvalue weighted by Crippen LogP contribution is -2.26. The van der Waals surface area contributed by atoms with E-state index in [0.29, 0.717) is 0 Å². The summed E-state index contributed by atoms with van der Waals surface area (Å²) >= 11 is 0. The summed E-state index contributed by atoms with van der Waals surface area (Å²) in [5, 5.41) is 3.48. The summed E-state index contributed by atoms with van der Waals surface area (Å²) in [6.07, 6.45) is 2.28. The molecule has 20 heavy (non-hydrogen) atoms. The predicted molar refractivity (Wildman–Crippen MR) is 85.1 cm³/mol. The number of rotatable bonds is 8. The summed E-state index contributed by atoms with van der Waals surface area (Å²) in [7, 11) is 3.36. The van der Waals surface area contributed by atoms with Crippen LogP contribution in [-0.4, -0.2) is 27.3 Å². The topological polar surface area (TPSA) is 30.5 Å². The highest BCUT2D eigenvalue weighted by Gasteiger charge is 2.24. The van der Waals surface area contributed by atoms with Crippen LogP contribution in [0.15, 0.2) is 12.1 Å². The fourth-order valence-corrected chi connectivity index (χ4v) is 2.55. The number of methoxy groups -OCH3 is 2. The molecule has 0 bridgehead atoms. The Morgan fingerprint density at radius 1 is 1.05 bits per heavy atom. The van der Waals surface area contributed by atoms with Crippen molar-refractivity contribution < 1.29 is 9.47 Å². The molecular weight excluding hydrogens is 250 g/mol. The fourth-order valence-electron chi connectivity index (χ4n) is 2.55. The zero-order valence-corrected chi connectivity index (χ0v) is 13.8. The molecule has 0 fully saturated rings. The molecule has 0 amide bonds. The lowest BCUT2D eigenvalue weighted by Gasteiger charge is -2.28. The highest BCUT2D eigenvalue weighted by atomic mass is 16.5. The molecule has 0 aromatic heterocycles. The van der Waals surface area contributed by atoms with E-state index in [1.807, 2.05) is 0 Å². The smallest absolute Gasteiger partial charge is 0.161 e. The van der Waals surface area contributed by atoms with Crippen molar-refractivity contribution in [2.45, 2.75) is 46.0 Å². The molecule has 0 atom stereocenters. The Hall–Kier alpha value is -1.22. The molecule has 1 rings (SSSR count). The number of benzene rings is 1. The average Bonchev–Trinajstić information content (AvgIpc) is 2.43. The van der Waals surface area contributed by atoms with Crippen molar-refractivity contribution in [3.63, 3.8) is 0 Å². The van der Waals surface area contributed by atoms with Crippen molar-refractivity contribution in [2.75, 3.05) is 27.3 Å². The maximum atomic E-state index is 5.43. The first kappa shape index (κ1) is 16.8. The molecule has 1 N–H and O–H groups in total. The van der Waals surface area contributed by atoms with Crippen LogP contribution in [0.4, 0.5) is 0 Å². The highest BCUT2D eigenvalue weighted by molar-refractivity contribution is 5.49. The van der Waals surface area contributed by atoms with E-state index in [1.54, 1.807) is 14.2 Å². The molecule has 3 heteroatoms. The molecule has 0 saturated carbocycles. The summed E-state index contributed by atoms with van der Waals surface area (Å²) in [6.45, 7) is 11.0. The zero-order valence-electron chi connectivity index (χ0n) is 13.8. The van der Waals surface area contributed by atoms with E-state index in [4.69, 9.17) is 9.47 Å². The Labute approximate surface area is 123 Å². The molecule has 0 radical (unpaired) electrons. The third-order valence-electron chi connectivity index (χ3n) is 3.81. The molecule has 3 nitrogen and oxygen atoms in total. The van der Waals surface area contributed by atoms with Crippen molar-refractivity contribution in [1.82, 2.24) is 5.32 Å². The standard InChI is InChI=1S/C17H29NO2/c1-7-9-18-10-8-17(3,4)14-12-16(20-6)15(19-5)11-13(14)2/h11-12,18H,7-10H2,1-6H3. The van der Waals surface area contributed by atoms with Gasteiger partial charge in [-0.05, 0) is 61.5 Å². The maximum absolute atomic E-state index is 5.43. The molecule has 0 aliphatic carbocycles. The van der Waals surface area contributed by atoms with Gasteiger partial charge in [-0.2, -0.15) is 0 Å². The van der Waals surface area contributed by atoms with E-state index < -0.39 is 0 Å². The minimum atomic E-state index is 0.115. The van der Waals surface area contributed by atoms with Crippen LogP contribution >= 0.6 is 0 Å². The summed E-state index contributed by atoms with van der Waals surface area (Å²) in [6, 6.07) is 4.18. The quantitative estimate of drug-likeness (QED) is 0.736. The van der Waals surface area contributed by atoms with Gasteiger partial charge in [-0.25, -0.2) is 0 Å². The van der Waals surface area contributed by atoms with Gasteiger partial charge < -0.3 is 14.8 Å². The number of hydrogen-bond donors (Lipinski definition) is 1. The summed E-state index contributed by atoms with van der Waals surface area (Å²) in [4.78, 5) is 0. The predicted octanol–water partition coefficient (Wildman–Crippen LogP) is 3.68. The second-order valence-corrected chi connectivity index (χ2v) is 5.91. The Morgan fingerprint density at radius 2 is 1.65 bits per heavy atom. The minimum absolute atomic E-state index is 0.115. The largest absolute Gasteiger partial charge is 0.493 e. The zero-order chi connectivity index (χ0) is 15.2. The molecule has 0 aliphatic heterocycles. The van der Waals surface area contributed by atoms with E-state index >= 15 is 0 Å². The van der Waals surface area contributed by atoms with Crippen LogP contribution in [0.1, 0.15) is 44.7 Å². The average molecular weight is 279 g/mol. The van der Waals surface area contributed by atoms with Crippen LogP contribution in [0.2, 0.25) is 0 Å². The minimum Gasteiger partial charge on any atom is -0.493 e. The first-order chi connectivity index (χ1) is 9.46. The van der Waals surface area contributed by atoms with Crippen LogP contribution in [0.25, 0.3) is 0 Å². The molecule has 0 unspecified atom stereocenters. The Bertz CT molecular complexity index is 427. The number of hydrogen-bond acceptors (Lipinski definition) is 3. The second kappa shape index (κ2) is 7.53. The first-order valence-electron chi connectivity index (χ1n) is 7.40. The van der Waals surface area contributed by atoms with Gasteiger partial charge in [-0.15, -0.1) is 0 Å². The Kier molecular flexibility index (Phi) is 6.34. The molecule has 1 aromatic carbocycles. The van der Waals surface area contributed by atoms with Gasteiger partial charge in [0.1, 0.15) is 0 Å². The van der Waals surface area contributed by atoms with Crippen molar-refractivity contribution in [2.24, 2.45) is 0 Å². The highest BCUT2D eigenvalue weighted by Crippen LogP contribution is 2.37. The molecule has 0 heterocycles. The fraction of sp³-hybridized carbons (Fsp3) is 0.647. The Balaban J connectivity index is 2.93. The third-order valence-corrected chi connectivity index (χ3v) is 3.81. The van der Waals surface area contributed by atoms with E-state index in [1.165, 1.54) is 17.5 Å². The van der Waals surface area contributed by atoms with E-state index in [0.717, 1.165) is 31.0 Å². The van der Waals surface area contributed by atoms with E-state index in [2.05, 4.69) is 45.1 Å². The molecule has 114 valence electrons.